The molecule has 0 aromatic heterocycles. The summed E-state index contributed by atoms with van der Waals surface area (Å²) >= 11 is 0. The predicted molar refractivity (Wildman–Crippen MR) is 482 cm³/mol. The molecule has 32 N–H and O–H groups in total. The highest BCUT2D eigenvalue weighted by Gasteiger charge is 2.45. The molecule has 1 saturated heterocycles. The molecule has 59 heteroatoms. The van der Waals surface area contributed by atoms with Gasteiger partial charge in [0.1, 0.15) is 44.3 Å². The van der Waals surface area contributed by atoms with Gasteiger partial charge in [-0.25, -0.2) is 0 Å². The van der Waals surface area contributed by atoms with Crippen molar-refractivity contribution in [3.8, 4) is 0 Å². The average Bonchev–Trinajstić information content (AvgIpc) is 1.69. The van der Waals surface area contributed by atoms with Gasteiger partial charge >= 0.3 is 0 Å². The number of nitrogens with zero attached hydrogens (tertiary/aromatic N) is 9. The number of carbonyl (C=O) groups is 14. The Kier molecular flexibility index (Phi) is 62.2. The molecule has 1 heterocycles. The van der Waals surface area contributed by atoms with Crippen molar-refractivity contribution in [2.45, 2.75) is 146 Å². The first kappa shape index (κ1) is 132. The third-order valence-electron chi connectivity index (χ3n) is 25.0. The summed E-state index contributed by atoms with van der Waals surface area (Å²) in [7, 11) is 0. The average molecular weight is 2070 g/mol. The van der Waals surface area contributed by atoms with Gasteiger partial charge in [0, 0.05) is 226 Å². The lowest BCUT2D eigenvalue weighted by atomic mass is 9.95. The SMILES string of the molecule is CC1(N(CC(=O)[O-])CC(=O)[O-])CN(C(CCC(=O)N(CCN(CCC(=O)NC(CO)(CO)CO)CCC(=O)NC(CO)(CO)CO)CCN(CCC(=O)NC(CO)(CO)CO)CCC(=O)NC(CO)(CO)CO)C(=O)[O-])CCN(C(CCC(=O)N(CCN(CCC(=O)NC(CO)(CO)CO)CCC(=O)NC(CO)(CO)CO)CCN(CCC(=O)NC(CO)(CO)CO)CCC(=O)NC(CO)(CO)CO)C(=O)[O-])C1. The first-order chi connectivity index (χ1) is 67.6. The summed E-state index contributed by atoms with van der Waals surface area (Å²) in [5, 5.41) is 313. The van der Waals surface area contributed by atoms with Gasteiger partial charge in [-0.15, -0.1) is 0 Å². The van der Waals surface area contributed by atoms with Crippen molar-refractivity contribution in [2.24, 2.45) is 0 Å². The Balaban J connectivity index is 4.60. The molecule has 1 aliphatic rings. The lowest BCUT2D eigenvalue weighted by molar-refractivity contribution is -0.316. The van der Waals surface area contributed by atoms with Gasteiger partial charge in [-0.05, 0) is 19.8 Å². The summed E-state index contributed by atoms with van der Waals surface area (Å²) in [5.74, 6) is -17.1. The molecule has 0 saturated carbocycles. The molecular weight excluding hydrogens is 1920 g/mol. The fourth-order valence-electron chi connectivity index (χ4n) is 14.8. The molecule has 2 unspecified atom stereocenters. The molecule has 1 rings (SSSR count). The highest BCUT2D eigenvalue weighted by Crippen LogP contribution is 2.28. The van der Waals surface area contributed by atoms with Gasteiger partial charge in [-0.1, -0.05) is 0 Å². The number of nitrogens with one attached hydrogen (secondary N) is 8. The molecule has 0 aromatic carbocycles. The van der Waals surface area contributed by atoms with Crippen LogP contribution < -0.4 is 63.0 Å². The summed E-state index contributed by atoms with van der Waals surface area (Å²) in [6.45, 7) is -34.3. The summed E-state index contributed by atoms with van der Waals surface area (Å²) in [4.78, 5) is 203. The van der Waals surface area contributed by atoms with Gasteiger partial charge in [-0.2, -0.15) is 0 Å². The molecule has 59 nitrogen and oxygen atoms in total. The maximum absolute atomic E-state index is 15.4. The topological polar surface area (TPSA) is 942 Å². The molecule has 2 atom stereocenters. The van der Waals surface area contributed by atoms with Gasteiger partial charge in [0.15, 0.2) is 0 Å². The minimum Gasteiger partial charge on any atom is -0.549 e. The molecule has 10 amide bonds. The van der Waals surface area contributed by atoms with E-state index in [2.05, 4.69) is 42.5 Å². The zero-order chi connectivity index (χ0) is 109. The number of carbonyl (C=O) groups excluding carboxylic acids is 14. The summed E-state index contributed by atoms with van der Waals surface area (Å²) < 4.78 is 0. The van der Waals surface area contributed by atoms with Crippen molar-refractivity contribution in [3.63, 3.8) is 0 Å². The lowest BCUT2D eigenvalue weighted by Crippen LogP contribution is -2.64. The molecule has 0 spiro atoms. The van der Waals surface area contributed by atoms with Crippen LogP contribution in [0.15, 0.2) is 0 Å². The second kappa shape index (κ2) is 67.3. The van der Waals surface area contributed by atoms with Gasteiger partial charge in [0.2, 0.25) is 59.1 Å². The van der Waals surface area contributed by atoms with Crippen LogP contribution in [0.4, 0.5) is 0 Å². The van der Waals surface area contributed by atoms with Crippen molar-refractivity contribution in [2.75, 3.05) is 303 Å². The minimum absolute atomic E-state index is 0.383. The molecular formula is C84H153N17O42-4. The summed E-state index contributed by atoms with van der Waals surface area (Å²) in [6.07, 6.45) is -7.88. The van der Waals surface area contributed by atoms with Crippen LogP contribution in [0.1, 0.15) is 84.0 Å². The zero-order valence-corrected chi connectivity index (χ0v) is 80.8. The van der Waals surface area contributed by atoms with Crippen LogP contribution in [0.5, 0.6) is 0 Å². The first-order valence-electron chi connectivity index (χ1n) is 46.2. The van der Waals surface area contributed by atoms with E-state index in [1.807, 2.05) is 0 Å². The summed E-state index contributed by atoms with van der Waals surface area (Å²) in [6, 6.07) is -4.09. The third-order valence-corrected chi connectivity index (χ3v) is 25.0. The van der Waals surface area contributed by atoms with Gasteiger partial charge < -0.3 is 234 Å². The number of aliphatic carboxylic acids is 4. The maximum Gasteiger partial charge on any atom is 0.222 e. The number of aliphatic hydroxyl groups excluding tert-OH is 24. The van der Waals surface area contributed by atoms with E-state index in [4.69, 9.17) is 0 Å². The maximum atomic E-state index is 15.4. The van der Waals surface area contributed by atoms with Crippen LogP contribution in [-0.4, -0.2) is 614 Å². The molecule has 143 heavy (non-hydrogen) atoms. The van der Waals surface area contributed by atoms with Crippen molar-refractivity contribution < 1.29 is 210 Å². The van der Waals surface area contributed by atoms with E-state index in [1.165, 1.54) is 26.5 Å². The van der Waals surface area contributed by atoms with E-state index >= 15 is 9.59 Å². The van der Waals surface area contributed by atoms with E-state index in [9.17, 15) is 201 Å². The smallest absolute Gasteiger partial charge is 0.222 e. The number of aliphatic hydroxyl groups is 24. The number of hydrogen-bond donors (Lipinski definition) is 32. The Labute approximate surface area is 825 Å². The molecule has 1 fully saturated rings. The van der Waals surface area contributed by atoms with E-state index in [0.717, 1.165) is 24.5 Å². The fourth-order valence-corrected chi connectivity index (χ4v) is 14.8. The Morgan fingerprint density at radius 1 is 0.252 bits per heavy atom. The Bertz CT molecular complexity index is 3210. The highest BCUT2D eigenvalue weighted by atomic mass is 16.4. The van der Waals surface area contributed by atoms with Crippen molar-refractivity contribution in [1.82, 2.24) is 86.6 Å². The van der Waals surface area contributed by atoms with Crippen LogP contribution in [0.3, 0.4) is 0 Å². The number of amides is 10. The van der Waals surface area contributed by atoms with E-state index in [1.54, 1.807) is 0 Å². The molecule has 0 bridgehead atoms. The highest BCUT2D eigenvalue weighted by molar-refractivity contribution is 5.82. The van der Waals surface area contributed by atoms with Crippen LogP contribution in [0.2, 0.25) is 0 Å². The van der Waals surface area contributed by atoms with Crippen molar-refractivity contribution in [3.05, 3.63) is 0 Å². The van der Waals surface area contributed by atoms with E-state index < -0.39 is 472 Å². The van der Waals surface area contributed by atoms with Crippen LogP contribution in [0.25, 0.3) is 0 Å². The number of carboxylic acids is 4. The molecule has 830 valence electrons. The van der Waals surface area contributed by atoms with Gasteiger partial charge in [0.05, 0.1) is 182 Å². The van der Waals surface area contributed by atoms with Crippen molar-refractivity contribution >= 4 is 82.9 Å². The zero-order valence-electron chi connectivity index (χ0n) is 80.8. The third kappa shape index (κ3) is 44.9. The molecule has 0 aliphatic carbocycles. The Morgan fingerprint density at radius 3 is 0.538 bits per heavy atom. The Morgan fingerprint density at radius 2 is 0.406 bits per heavy atom. The lowest BCUT2D eigenvalue weighted by Gasteiger charge is -2.46. The van der Waals surface area contributed by atoms with Crippen LogP contribution in [-0.2, 0) is 67.1 Å². The predicted octanol–water partition coefficient (Wildman–Crippen LogP) is -26.4. The first-order valence-corrected chi connectivity index (χ1v) is 46.2. The van der Waals surface area contributed by atoms with Gasteiger partial charge in [0.25, 0.3) is 0 Å². The molecule has 0 radical (unpaired) electrons. The summed E-state index contributed by atoms with van der Waals surface area (Å²) in [5.41, 5.74) is -17.9. The minimum atomic E-state index is -2.12. The molecule has 0 aromatic rings. The van der Waals surface area contributed by atoms with Crippen molar-refractivity contribution in [1.29, 1.82) is 0 Å². The number of rotatable bonds is 83. The largest absolute Gasteiger partial charge is 0.549 e. The molecule has 1 aliphatic heterocycles. The van der Waals surface area contributed by atoms with Crippen LogP contribution in [0, 0.1) is 0 Å². The quantitative estimate of drug-likeness (QED) is 0.0269. The Hall–Kier alpha value is -8.66. The van der Waals surface area contributed by atoms with E-state index in [0.29, 0.717) is 0 Å². The second-order valence-electron chi connectivity index (χ2n) is 36.3. The monoisotopic (exact) mass is 2070 g/mol. The van der Waals surface area contributed by atoms with Crippen LogP contribution >= 0.6 is 0 Å². The standard InChI is InChI=1S/C84H157N17O42/c1-76(101(32-72(136)137)33-73(138)139)34-99(60(74(140)141)2-4-70(134)97(26-22-93(14-6-62(126)85-77(36-102,37-103)38-104)15-7-63(127)86-78(39-105,40-106)41-107)27-23-94(16-8-64(128)87-79(42-108,43-109)44-110)17-9-65(129)88-80(45-111,46-112)47-113)30-31-100(35-76)61(75(142)143)3-5-71(135)98(28-24-95(18-10-66(130)89-81(48-114,49-115)50-116)19-11-67(131)90-82(51-117,52-118)53-119)29-25-96(20-12-68(132)91-83(54-120,55-121)56-122)21-13-69(133)92-84(57-123,58-124)59-125/h60-61,102-125H,2-59H2,1H3,(H,85,126)(H,86,127)(H,87,128)(H,88,129)(H,89,130)(H,90,131)(H,91,132)(H,92,133)(H,136,137)(H,138,139)(H,140,141)(H,142,143)/p-4. The number of hydrogen-bond acceptors (Lipinski definition) is 49. The second-order valence-corrected chi connectivity index (χ2v) is 36.3. The van der Waals surface area contributed by atoms with Gasteiger partial charge in [-0.3, -0.25) is 62.6 Å². The van der Waals surface area contributed by atoms with E-state index in [-0.39, 0.29) is 52.4 Å². The fraction of sp³-hybridized carbons (Fsp3) is 0.833. The normalized spacial score (nSPS) is 14.9. The number of carboxylic acid groups (broad SMARTS) is 4.